The van der Waals surface area contributed by atoms with Crippen LogP contribution >= 0.6 is 34.8 Å². The highest BCUT2D eigenvalue weighted by molar-refractivity contribution is 7.90. The third-order valence-electron chi connectivity index (χ3n) is 3.44. The van der Waals surface area contributed by atoms with Crippen LogP contribution in [0.2, 0.25) is 15.1 Å². The molecule has 9 heteroatoms. The van der Waals surface area contributed by atoms with Gasteiger partial charge in [0.25, 0.3) is 15.9 Å². The van der Waals surface area contributed by atoms with Crippen LogP contribution in [-0.2, 0) is 10.0 Å². The Bertz CT molecular complexity index is 930. The average molecular weight is 407 g/mol. The lowest BCUT2D eigenvalue weighted by atomic mass is 10.2. The van der Waals surface area contributed by atoms with Gasteiger partial charge < -0.3 is 4.74 Å². The number of sulfonamides is 1. The Labute approximate surface area is 153 Å². The second kappa shape index (κ2) is 6.44. The van der Waals surface area contributed by atoms with Gasteiger partial charge in [0.05, 0.1) is 27.2 Å². The van der Waals surface area contributed by atoms with E-state index in [2.05, 4.69) is 0 Å². The second-order valence-corrected chi connectivity index (χ2v) is 7.98. The molecule has 1 aliphatic rings. The molecule has 2 aromatic rings. The predicted molar refractivity (Wildman–Crippen MR) is 91.6 cm³/mol. The van der Waals surface area contributed by atoms with Gasteiger partial charge in [-0.05, 0) is 18.2 Å². The molecule has 0 saturated carbocycles. The first-order chi connectivity index (χ1) is 11.3. The molecule has 0 saturated heterocycles. The van der Waals surface area contributed by atoms with Crippen LogP contribution in [0.3, 0.4) is 0 Å². The molecule has 5 nitrogen and oxygen atoms in total. The summed E-state index contributed by atoms with van der Waals surface area (Å²) in [7, 11) is -3.85. The van der Waals surface area contributed by atoms with Gasteiger partial charge in [-0.2, -0.15) is 0 Å². The molecular formula is C15H10Cl3NO4S. The Morgan fingerprint density at radius 2 is 1.67 bits per heavy atom. The quantitative estimate of drug-likeness (QED) is 0.723. The fraction of sp³-hybridized carbons (Fsp3) is 0.133. The van der Waals surface area contributed by atoms with Gasteiger partial charge in [-0.15, -0.1) is 0 Å². The molecule has 1 heterocycles. The molecule has 0 spiro atoms. The molecule has 1 aliphatic heterocycles. The largest absolute Gasteiger partial charge is 0.490 e. The zero-order valence-corrected chi connectivity index (χ0v) is 15.1. The average Bonchev–Trinajstić information content (AvgIpc) is 2.73. The van der Waals surface area contributed by atoms with Crippen LogP contribution in [-0.4, -0.2) is 31.8 Å². The topological polar surface area (TPSA) is 63.7 Å². The molecule has 0 unspecified atom stereocenters. The summed E-state index contributed by atoms with van der Waals surface area (Å²) in [5, 5.41) is 0.776. The Balaban J connectivity index is 1.75. The maximum Gasteiger partial charge on any atom is 0.269 e. The number of nitrogens with zero attached hydrogens (tertiary/aromatic N) is 1. The maximum atomic E-state index is 12.4. The number of rotatable bonds is 4. The number of hydrogen-bond donors (Lipinski definition) is 0. The van der Waals surface area contributed by atoms with E-state index < -0.39 is 15.9 Å². The number of hydrogen-bond acceptors (Lipinski definition) is 4. The van der Waals surface area contributed by atoms with E-state index in [1.807, 2.05) is 0 Å². The lowest BCUT2D eigenvalue weighted by Gasteiger charge is -2.16. The minimum absolute atomic E-state index is 0.00238. The SMILES string of the molecule is O=C1c2ccccc2S(=O)(=O)N1CCOc1cc(Cl)c(Cl)cc1Cl. The molecule has 0 N–H and O–H groups in total. The van der Waals surface area contributed by atoms with Crippen molar-refractivity contribution < 1.29 is 17.9 Å². The minimum atomic E-state index is -3.85. The zero-order chi connectivity index (χ0) is 17.5. The lowest BCUT2D eigenvalue weighted by molar-refractivity contribution is 0.0857. The van der Waals surface area contributed by atoms with Crippen molar-refractivity contribution in [1.82, 2.24) is 4.31 Å². The van der Waals surface area contributed by atoms with Crippen LogP contribution < -0.4 is 4.74 Å². The summed E-state index contributed by atoms with van der Waals surface area (Å²) in [6, 6.07) is 8.92. The van der Waals surface area contributed by atoms with Crippen LogP contribution in [0, 0.1) is 0 Å². The normalized spacial score (nSPS) is 15.5. The van der Waals surface area contributed by atoms with Crippen molar-refractivity contribution in [3.8, 4) is 5.75 Å². The van der Waals surface area contributed by atoms with Crippen LogP contribution in [0.4, 0.5) is 0 Å². The van der Waals surface area contributed by atoms with Crippen LogP contribution in [0.25, 0.3) is 0 Å². The van der Waals surface area contributed by atoms with E-state index >= 15 is 0 Å². The van der Waals surface area contributed by atoms with Gasteiger partial charge in [0.1, 0.15) is 17.3 Å². The molecule has 24 heavy (non-hydrogen) atoms. The van der Waals surface area contributed by atoms with Crippen molar-refractivity contribution in [2.45, 2.75) is 4.90 Å². The molecule has 3 rings (SSSR count). The predicted octanol–water partition coefficient (Wildman–Crippen LogP) is 3.87. The van der Waals surface area contributed by atoms with E-state index in [-0.39, 0.29) is 44.4 Å². The molecule has 0 bridgehead atoms. The Kier molecular flexibility index (Phi) is 4.66. The van der Waals surface area contributed by atoms with Crippen LogP contribution in [0.1, 0.15) is 10.4 Å². The first-order valence-electron chi connectivity index (χ1n) is 6.76. The van der Waals surface area contributed by atoms with E-state index in [0.717, 1.165) is 4.31 Å². The summed E-state index contributed by atoms with van der Waals surface area (Å²) in [4.78, 5) is 12.2. The monoisotopic (exact) mass is 405 g/mol. The third-order valence-corrected chi connectivity index (χ3v) is 6.30. The minimum Gasteiger partial charge on any atom is -0.490 e. The second-order valence-electron chi connectivity index (χ2n) is 4.92. The van der Waals surface area contributed by atoms with Crippen molar-refractivity contribution in [3.63, 3.8) is 0 Å². The first-order valence-corrected chi connectivity index (χ1v) is 9.33. The van der Waals surface area contributed by atoms with E-state index in [1.54, 1.807) is 12.1 Å². The number of halogens is 3. The standard InChI is InChI=1S/C15H10Cl3NO4S/c16-10-7-12(18)13(8-11(10)17)23-6-5-19-15(20)9-3-1-2-4-14(9)24(19,21)22/h1-4,7-8H,5-6H2. The van der Waals surface area contributed by atoms with Gasteiger partial charge in [0, 0.05) is 6.07 Å². The summed E-state index contributed by atoms with van der Waals surface area (Å²) in [5.74, 6) is -0.318. The van der Waals surface area contributed by atoms with E-state index in [4.69, 9.17) is 39.5 Å². The lowest BCUT2D eigenvalue weighted by Crippen LogP contribution is -2.33. The van der Waals surface area contributed by atoms with Crippen molar-refractivity contribution in [2.75, 3.05) is 13.2 Å². The molecule has 0 aromatic heterocycles. The van der Waals surface area contributed by atoms with E-state index in [9.17, 15) is 13.2 Å². The Hall–Kier alpha value is -1.47. The molecule has 1 amide bonds. The van der Waals surface area contributed by atoms with Gasteiger partial charge in [0.15, 0.2) is 0 Å². The van der Waals surface area contributed by atoms with Crippen LogP contribution in [0.15, 0.2) is 41.3 Å². The number of ether oxygens (including phenoxy) is 1. The fourth-order valence-corrected chi connectivity index (χ4v) is 4.45. The van der Waals surface area contributed by atoms with Crippen molar-refractivity contribution in [1.29, 1.82) is 0 Å². The summed E-state index contributed by atoms with van der Waals surface area (Å²) in [6.07, 6.45) is 0. The van der Waals surface area contributed by atoms with Crippen molar-refractivity contribution in [3.05, 3.63) is 57.0 Å². The number of carbonyl (C=O) groups is 1. The molecule has 2 aromatic carbocycles. The first kappa shape index (κ1) is 17.4. The van der Waals surface area contributed by atoms with Gasteiger partial charge in [-0.1, -0.05) is 46.9 Å². The third kappa shape index (κ3) is 2.95. The smallest absolute Gasteiger partial charge is 0.269 e. The highest BCUT2D eigenvalue weighted by Crippen LogP contribution is 2.34. The Morgan fingerprint density at radius 1 is 1.00 bits per heavy atom. The maximum absolute atomic E-state index is 12.4. The molecule has 126 valence electrons. The molecule has 0 atom stereocenters. The zero-order valence-electron chi connectivity index (χ0n) is 12.0. The van der Waals surface area contributed by atoms with Crippen molar-refractivity contribution in [2.24, 2.45) is 0 Å². The summed E-state index contributed by atoms with van der Waals surface area (Å²) >= 11 is 17.7. The number of fused-ring (bicyclic) bond motifs is 1. The highest BCUT2D eigenvalue weighted by Gasteiger charge is 2.40. The highest BCUT2D eigenvalue weighted by atomic mass is 35.5. The van der Waals surface area contributed by atoms with E-state index in [1.165, 1.54) is 24.3 Å². The van der Waals surface area contributed by atoms with Gasteiger partial charge in [-0.3, -0.25) is 4.79 Å². The number of carbonyl (C=O) groups excluding carboxylic acids is 1. The molecular weight excluding hydrogens is 397 g/mol. The van der Waals surface area contributed by atoms with Gasteiger partial charge in [0.2, 0.25) is 0 Å². The van der Waals surface area contributed by atoms with Gasteiger partial charge >= 0.3 is 0 Å². The Morgan fingerprint density at radius 3 is 2.38 bits per heavy atom. The summed E-state index contributed by atoms with van der Waals surface area (Å²) in [5.41, 5.74) is 0.157. The summed E-state index contributed by atoms with van der Waals surface area (Å²) < 4.78 is 31.0. The van der Waals surface area contributed by atoms with Gasteiger partial charge in [-0.25, -0.2) is 12.7 Å². The molecule has 0 radical (unpaired) electrons. The van der Waals surface area contributed by atoms with E-state index in [0.29, 0.717) is 0 Å². The molecule has 0 aliphatic carbocycles. The number of benzene rings is 2. The number of amides is 1. The summed E-state index contributed by atoms with van der Waals surface area (Å²) in [6.45, 7) is -0.219. The van der Waals surface area contributed by atoms with Crippen molar-refractivity contribution >= 4 is 50.7 Å². The van der Waals surface area contributed by atoms with Crippen LogP contribution in [0.5, 0.6) is 5.75 Å². The molecule has 0 fully saturated rings. The fourth-order valence-electron chi connectivity index (χ4n) is 2.31.